The molecule has 0 atom stereocenters. The highest BCUT2D eigenvalue weighted by molar-refractivity contribution is 7.91. The Morgan fingerprint density at radius 3 is 2.79 bits per heavy atom. The number of nitrogens with zero attached hydrogens (tertiary/aromatic N) is 1. The van der Waals surface area contributed by atoms with E-state index in [0.717, 1.165) is 49.5 Å². The van der Waals surface area contributed by atoms with Crippen LogP contribution in [0.2, 0.25) is 0 Å². The molecule has 0 aromatic carbocycles. The molecular weight excluding hydrogens is 280 g/mol. The van der Waals surface area contributed by atoms with Gasteiger partial charge in [0.2, 0.25) is 0 Å². The molecule has 0 bridgehead atoms. The van der Waals surface area contributed by atoms with Crippen molar-refractivity contribution >= 4 is 21.2 Å². The third-order valence-electron chi connectivity index (χ3n) is 3.54. The maximum absolute atomic E-state index is 12.3. The molecule has 1 heterocycles. The molecule has 1 aliphatic rings. The summed E-state index contributed by atoms with van der Waals surface area (Å²) in [5.41, 5.74) is 0.945. The predicted molar refractivity (Wildman–Crippen MR) is 79.0 cm³/mol. The summed E-state index contributed by atoms with van der Waals surface area (Å²) in [6.45, 7) is 3.66. The Morgan fingerprint density at radius 1 is 1.37 bits per heavy atom. The third-order valence-corrected chi connectivity index (χ3v) is 6.78. The van der Waals surface area contributed by atoms with Gasteiger partial charge in [-0.2, -0.15) is 0 Å². The molecule has 19 heavy (non-hydrogen) atoms. The second-order valence-corrected chi connectivity index (χ2v) is 8.30. The first-order valence-corrected chi connectivity index (χ1v) is 9.57. The lowest BCUT2D eigenvalue weighted by atomic mass is 10.0. The van der Waals surface area contributed by atoms with Crippen LogP contribution in [0.3, 0.4) is 0 Å². The summed E-state index contributed by atoms with van der Waals surface area (Å²) in [5.74, 6) is 0.120. The van der Waals surface area contributed by atoms with Crippen LogP contribution in [0, 0.1) is 0 Å². The fourth-order valence-electron chi connectivity index (χ4n) is 2.46. The monoisotopic (exact) mass is 302 g/mol. The van der Waals surface area contributed by atoms with Crippen LogP contribution in [0.4, 0.5) is 0 Å². The maximum Gasteiger partial charge on any atom is 0.159 e. The summed E-state index contributed by atoms with van der Waals surface area (Å²) in [6.07, 6.45) is 4.94. The molecule has 0 unspecified atom stereocenters. The number of sulfone groups is 1. The van der Waals surface area contributed by atoms with Crippen LogP contribution in [0.5, 0.6) is 0 Å². The molecule has 1 aliphatic carbocycles. The first kappa shape index (κ1) is 14.9. The van der Waals surface area contributed by atoms with E-state index in [9.17, 15) is 8.42 Å². The van der Waals surface area contributed by atoms with Crippen molar-refractivity contribution in [1.82, 2.24) is 10.3 Å². The van der Waals surface area contributed by atoms with Gasteiger partial charge in [0.05, 0.1) is 10.9 Å². The highest BCUT2D eigenvalue weighted by Crippen LogP contribution is 2.26. The van der Waals surface area contributed by atoms with Gasteiger partial charge in [0.1, 0.15) is 10.8 Å². The normalized spacial score (nSPS) is 17.7. The molecule has 1 saturated carbocycles. The molecule has 0 aliphatic heterocycles. The van der Waals surface area contributed by atoms with E-state index in [-0.39, 0.29) is 11.0 Å². The van der Waals surface area contributed by atoms with E-state index in [0.29, 0.717) is 0 Å². The van der Waals surface area contributed by atoms with Crippen molar-refractivity contribution in [2.75, 3.05) is 6.54 Å². The molecule has 1 fully saturated rings. The molecule has 0 amide bonds. The van der Waals surface area contributed by atoms with E-state index in [4.69, 9.17) is 0 Å². The second kappa shape index (κ2) is 6.81. The minimum absolute atomic E-state index is 0.120. The first-order chi connectivity index (χ1) is 9.12. The molecule has 0 saturated heterocycles. The Labute approximate surface area is 119 Å². The average molecular weight is 302 g/mol. The fourth-order valence-corrected chi connectivity index (χ4v) is 5.50. The van der Waals surface area contributed by atoms with Gasteiger partial charge in [-0.25, -0.2) is 13.4 Å². The number of hydrogen-bond acceptors (Lipinski definition) is 5. The minimum Gasteiger partial charge on any atom is -0.311 e. The van der Waals surface area contributed by atoms with E-state index < -0.39 is 9.84 Å². The van der Waals surface area contributed by atoms with Gasteiger partial charge in [0.25, 0.3) is 0 Å². The van der Waals surface area contributed by atoms with Crippen molar-refractivity contribution in [3.8, 4) is 0 Å². The predicted octanol–water partition coefficient (Wildman–Crippen LogP) is 2.50. The molecule has 108 valence electrons. The summed E-state index contributed by atoms with van der Waals surface area (Å²) in [4.78, 5) is 4.40. The van der Waals surface area contributed by atoms with Gasteiger partial charge in [-0.3, -0.25) is 0 Å². The van der Waals surface area contributed by atoms with Crippen LogP contribution in [0.25, 0.3) is 0 Å². The molecule has 1 aromatic heterocycles. The number of aromatic nitrogens is 1. The van der Waals surface area contributed by atoms with Gasteiger partial charge in [-0.05, 0) is 19.4 Å². The summed E-state index contributed by atoms with van der Waals surface area (Å²) in [5, 5.41) is 5.75. The lowest BCUT2D eigenvalue weighted by molar-refractivity contribution is 0.483. The Bertz CT molecular complexity index is 490. The van der Waals surface area contributed by atoms with Gasteiger partial charge in [-0.15, -0.1) is 11.3 Å². The number of thiazole rings is 1. The van der Waals surface area contributed by atoms with E-state index in [1.54, 1.807) is 0 Å². The van der Waals surface area contributed by atoms with Gasteiger partial charge < -0.3 is 5.32 Å². The fraction of sp³-hybridized carbons (Fsp3) is 0.769. The summed E-state index contributed by atoms with van der Waals surface area (Å²) in [6, 6.07) is 0. The third kappa shape index (κ3) is 4.26. The molecule has 4 nitrogen and oxygen atoms in total. The second-order valence-electron chi connectivity index (χ2n) is 5.08. The van der Waals surface area contributed by atoms with Crippen molar-refractivity contribution in [2.45, 2.75) is 56.6 Å². The quantitative estimate of drug-likeness (QED) is 0.877. The van der Waals surface area contributed by atoms with Crippen LogP contribution in [0.1, 0.15) is 49.7 Å². The Hall–Kier alpha value is -0.460. The molecular formula is C13H22N2O2S2. The van der Waals surface area contributed by atoms with E-state index in [1.807, 2.05) is 12.3 Å². The van der Waals surface area contributed by atoms with Gasteiger partial charge in [0, 0.05) is 11.9 Å². The van der Waals surface area contributed by atoms with Gasteiger partial charge >= 0.3 is 0 Å². The Balaban J connectivity index is 1.97. The molecule has 6 heteroatoms. The Morgan fingerprint density at radius 2 is 2.11 bits per heavy atom. The van der Waals surface area contributed by atoms with Crippen molar-refractivity contribution in [3.63, 3.8) is 0 Å². The number of nitrogens with one attached hydrogen (secondary N) is 1. The van der Waals surface area contributed by atoms with Crippen LogP contribution in [-0.4, -0.2) is 25.2 Å². The van der Waals surface area contributed by atoms with Crippen LogP contribution >= 0.6 is 11.3 Å². The van der Waals surface area contributed by atoms with E-state index in [1.165, 1.54) is 17.8 Å². The highest BCUT2D eigenvalue weighted by Gasteiger charge is 2.28. The smallest absolute Gasteiger partial charge is 0.159 e. The molecule has 2 rings (SSSR count). The Kier molecular flexibility index (Phi) is 5.36. The zero-order chi connectivity index (χ0) is 13.7. The van der Waals surface area contributed by atoms with Crippen molar-refractivity contribution in [1.29, 1.82) is 0 Å². The number of hydrogen-bond donors (Lipinski definition) is 1. The standard InChI is InChI=1S/C13H22N2O2S2/c1-2-14-8-11-9-18-13(15-11)10-19(16,17)12-6-4-3-5-7-12/h9,12,14H,2-8,10H2,1H3. The van der Waals surface area contributed by atoms with E-state index >= 15 is 0 Å². The average Bonchev–Trinajstić information content (AvgIpc) is 2.84. The highest BCUT2D eigenvalue weighted by atomic mass is 32.2. The minimum atomic E-state index is -3.02. The molecule has 0 radical (unpaired) electrons. The first-order valence-electron chi connectivity index (χ1n) is 6.97. The SMILES string of the molecule is CCNCc1csc(CS(=O)(=O)C2CCCCC2)n1. The summed E-state index contributed by atoms with van der Waals surface area (Å²) >= 11 is 1.46. The van der Waals surface area contributed by atoms with Gasteiger partial charge in [-0.1, -0.05) is 26.2 Å². The summed E-state index contributed by atoms with van der Waals surface area (Å²) in [7, 11) is -3.02. The van der Waals surface area contributed by atoms with Crippen molar-refractivity contribution in [2.24, 2.45) is 0 Å². The van der Waals surface area contributed by atoms with Crippen LogP contribution < -0.4 is 5.32 Å². The zero-order valence-corrected chi connectivity index (χ0v) is 13.0. The largest absolute Gasteiger partial charge is 0.311 e. The summed E-state index contributed by atoms with van der Waals surface area (Å²) < 4.78 is 24.7. The van der Waals surface area contributed by atoms with Crippen molar-refractivity contribution in [3.05, 3.63) is 16.1 Å². The number of rotatable bonds is 6. The topological polar surface area (TPSA) is 59.1 Å². The van der Waals surface area contributed by atoms with Crippen molar-refractivity contribution < 1.29 is 8.42 Å². The lowest BCUT2D eigenvalue weighted by Gasteiger charge is -2.21. The van der Waals surface area contributed by atoms with Crippen LogP contribution in [-0.2, 0) is 22.1 Å². The molecule has 1 aromatic rings. The molecule has 1 N–H and O–H groups in total. The maximum atomic E-state index is 12.3. The van der Waals surface area contributed by atoms with E-state index in [2.05, 4.69) is 10.3 Å². The lowest BCUT2D eigenvalue weighted by Crippen LogP contribution is -2.25. The molecule has 0 spiro atoms. The van der Waals surface area contributed by atoms with Gasteiger partial charge in [0.15, 0.2) is 9.84 Å². The van der Waals surface area contributed by atoms with Crippen LogP contribution in [0.15, 0.2) is 5.38 Å². The zero-order valence-electron chi connectivity index (χ0n) is 11.4.